The van der Waals surface area contributed by atoms with Crippen LogP contribution >= 0.6 is 0 Å². The first-order valence-electron chi connectivity index (χ1n) is 8.67. The van der Waals surface area contributed by atoms with E-state index in [1.54, 1.807) is 0 Å². The van der Waals surface area contributed by atoms with Gasteiger partial charge >= 0.3 is 0 Å². The zero-order valence-electron chi connectivity index (χ0n) is 13.1. The average molecular weight is 278 g/mol. The molecule has 3 rings (SSSR count). The van der Waals surface area contributed by atoms with E-state index >= 15 is 0 Å². The minimum Gasteiger partial charge on any atom is -0.396 e. The third-order valence-corrected chi connectivity index (χ3v) is 7.16. The van der Waals surface area contributed by atoms with Crippen LogP contribution in [0.3, 0.4) is 0 Å². The first-order chi connectivity index (χ1) is 9.56. The maximum Gasteiger partial charge on any atom is 0.133 e. The van der Waals surface area contributed by atoms with E-state index in [-0.39, 0.29) is 0 Å². The predicted molar refractivity (Wildman–Crippen MR) is 80.3 cm³/mol. The Labute approximate surface area is 123 Å². The van der Waals surface area contributed by atoms with Gasteiger partial charge in [-0.1, -0.05) is 13.3 Å². The molecule has 2 heteroatoms. The van der Waals surface area contributed by atoms with Gasteiger partial charge in [0.1, 0.15) is 5.78 Å². The van der Waals surface area contributed by atoms with Crippen LogP contribution in [0.2, 0.25) is 0 Å². The van der Waals surface area contributed by atoms with Crippen molar-refractivity contribution in [3.8, 4) is 0 Å². The van der Waals surface area contributed by atoms with Gasteiger partial charge in [0, 0.05) is 12.5 Å². The third-order valence-electron chi connectivity index (χ3n) is 7.16. The second-order valence-electron chi connectivity index (χ2n) is 8.01. The van der Waals surface area contributed by atoms with Gasteiger partial charge in [-0.05, 0) is 81.0 Å². The Morgan fingerprint density at radius 2 is 2.00 bits per heavy atom. The minimum atomic E-state index is 0.302. The highest BCUT2D eigenvalue weighted by atomic mass is 16.3. The molecule has 3 aliphatic carbocycles. The van der Waals surface area contributed by atoms with Crippen molar-refractivity contribution in [2.45, 2.75) is 65.2 Å². The normalized spacial score (nSPS) is 47.6. The molecule has 1 N–H and O–H groups in total. The number of fused-ring (bicyclic) bond motifs is 3. The van der Waals surface area contributed by atoms with Gasteiger partial charge in [-0.25, -0.2) is 0 Å². The number of carbonyl (C=O) groups is 1. The summed E-state index contributed by atoms with van der Waals surface area (Å²) in [5, 5.41) is 9.16. The van der Waals surface area contributed by atoms with Crippen LogP contribution in [-0.2, 0) is 4.79 Å². The van der Waals surface area contributed by atoms with E-state index in [9.17, 15) is 4.79 Å². The topological polar surface area (TPSA) is 37.3 Å². The minimum absolute atomic E-state index is 0.302. The molecule has 6 atom stereocenters. The summed E-state index contributed by atoms with van der Waals surface area (Å²) < 4.78 is 0. The van der Waals surface area contributed by atoms with Crippen molar-refractivity contribution in [2.75, 3.05) is 6.61 Å². The molecule has 0 unspecified atom stereocenters. The molecule has 20 heavy (non-hydrogen) atoms. The van der Waals surface area contributed by atoms with Crippen molar-refractivity contribution in [1.82, 2.24) is 0 Å². The van der Waals surface area contributed by atoms with E-state index < -0.39 is 0 Å². The molecule has 0 heterocycles. The van der Waals surface area contributed by atoms with Crippen molar-refractivity contribution in [1.29, 1.82) is 0 Å². The number of rotatable bonds is 3. The Balaban J connectivity index is 1.73. The molecule has 0 amide bonds. The van der Waals surface area contributed by atoms with Crippen LogP contribution in [0, 0.1) is 35.0 Å². The van der Waals surface area contributed by atoms with Crippen LogP contribution < -0.4 is 0 Å². The van der Waals surface area contributed by atoms with Crippen LogP contribution in [-0.4, -0.2) is 17.5 Å². The van der Waals surface area contributed by atoms with Crippen LogP contribution in [0.5, 0.6) is 0 Å². The quantitative estimate of drug-likeness (QED) is 0.852. The van der Waals surface area contributed by atoms with Gasteiger partial charge in [-0.15, -0.1) is 0 Å². The van der Waals surface area contributed by atoms with Crippen molar-refractivity contribution in [2.24, 2.45) is 35.0 Å². The number of aliphatic hydroxyl groups is 1. The second kappa shape index (κ2) is 5.44. The fourth-order valence-electron chi connectivity index (χ4n) is 6.18. The Bertz CT molecular complexity index is 378. The molecule has 0 radical (unpaired) electrons. The average Bonchev–Trinajstić information content (AvgIpc) is 2.77. The third kappa shape index (κ3) is 2.24. The summed E-state index contributed by atoms with van der Waals surface area (Å²) in [5.74, 6) is 4.07. The SMILES string of the molecule is CC(=O)[C@@H]1CC[C@H]2[C@@H]3CC[C@H](CCO)C[C@H]3CC[C@]12C. The molecule has 114 valence electrons. The molecular weight excluding hydrogens is 248 g/mol. The second-order valence-corrected chi connectivity index (χ2v) is 8.01. The van der Waals surface area contributed by atoms with Gasteiger partial charge < -0.3 is 5.11 Å². The highest BCUT2D eigenvalue weighted by Gasteiger charge is 2.55. The maximum absolute atomic E-state index is 12.0. The summed E-state index contributed by atoms with van der Waals surface area (Å²) in [6, 6.07) is 0. The zero-order valence-corrected chi connectivity index (χ0v) is 13.1. The van der Waals surface area contributed by atoms with Gasteiger partial charge in [0.25, 0.3) is 0 Å². The van der Waals surface area contributed by atoms with Crippen LogP contribution in [0.15, 0.2) is 0 Å². The summed E-state index contributed by atoms with van der Waals surface area (Å²) in [6.45, 7) is 4.57. The monoisotopic (exact) mass is 278 g/mol. The Kier molecular flexibility index (Phi) is 3.96. The summed E-state index contributed by atoms with van der Waals surface area (Å²) in [5.41, 5.74) is 0.302. The molecule has 0 spiro atoms. The van der Waals surface area contributed by atoms with Crippen molar-refractivity contribution in [3.63, 3.8) is 0 Å². The number of hydrogen-bond donors (Lipinski definition) is 1. The Morgan fingerprint density at radius 3 is 2.70 bits per heavy atom. The molecule has 0 aromatic heterocycles. The van der Waals surface area contributed by atoms with Gasteiger partial charge in [0.15, 0.2) is 0 Å². The van der Waals surface area contributed by atoms with Gasteiger partial charge in [-0.2, -0.15) is 0 Å². The zero-order chi connectivity index (χ0) is 14.3. The molecule has 0 bridgehead atoms. The molecule has 2 nitrogen and oxygen atoms in total. The summed E-state index contributed by atoms with van der Waals surface area (Å²) >= 11 is 0. The number of Topliss-reactive ketones (excluding diaryl/α,β-unsaturated/α-hetero) is 1. The van der Waals surface area contributed by atoms with Crippen LogP contribution in [0.4, 0.5) is 0 Å². The molecule has 0 aliphatic heterocycles. The van der Waals surface area contributed by atoms with E-state index in [0.717, 1.165) is 36.5 Å². The lowest BCUT2D eigenvalue weighted by Crippen LogP contribution is -2.45. The molecule has 3 aliphatic rings. The molecular formula is C18H30O2. The smallest absolute Gasteiger partial charge is 0.133 e. The first-order valence-corrected chi connectivity index (χ1v) is 8.67. The van der Waals surface area contributed by atoms with E-state index in [1.807, 2.05) is 6.92 Å². The number of ketones is 1. The molecule has 0 aromatic rings. The molecule has 0 saturated heterocycles. The standard InChI is InChI=1S/C18H30O2/c1-12(20)16-5-6-17-15-4-3-13(8-10-19)11-14(15)7-9-18(16,17)2/h13-17,19H,3-11H2,1-2H3/t13-,14-,15-,16+,17+,18-/m1/s1. The van der Waals surface area contributed by atoms with Gasteiger partial charge in [-0.3, -0.25) is 4.79 Å². The van der Waals surface area contributed by atoms with E-state index in [0.29, 0.717) is 23.7 Å². The summed E-state index contributed by atoms with van der Waals surface area (Å²) in [7, 11) is 0. The lowest BCUT2D eigenvalue weighted by atomic mass is 9.53. The van der Waals surface area contributed by atoms with Crippen LogP contribution in [0.1, 0.15) is 65.2 Å². The molecule has 3 fully saturated rings. The fraction of sp³-hybridized carbons (Fsp3) is 0.944. The van der Waals surface area contributed by atoms with Crippen molar-refractivity contribution in [3.05, 3.63) is 0 Å². The van der Waals surface area contributed by atoms with Crippen molar-refractivity contribution >= 4 is 5.78 Å². The fourth-order valence-corrected chi connectivity index (χ4v) is 6.18. The van der Waals surface area contributed by atoms with Crippen LogP contribution in [0.25, 0.3) is 0 Å². The molecule has 0 aromatic carbocycles. The number of aliphatic hydroxyl groups excluding tert-OH is 1. The van der Waals surface area contributed by atoms with Crippen molar-refractivity contribution < 1.29 is 9.90 Å². The maximum atomic E-state index is 12.0. The van der Waals surface area contributed by atoms with E-state index in [1.165, 1.54) is 38.5 Å². The lowest BCUT2D eigenvalue weighted by molar-refractivity contribution is -0.126. The highest BCUT2D eigenvalue weighted by molar-refractivity contribution is 5.79. The predicted octanol–water partition coefficient (Wildman–Crippen LogP) is 3.82. The van der Waals surface area contributed by atoms with Gasteiger partial charge in [0.05, 0.1) is 0 Å². The summed E-state index contributed by atoms with van der Waals surface area (Å²) in [6.07, 6.45) is 9.99. The first kappa shape index (κ1) is 14.6. The van der Waals surface area contributed by atoms with Gasteiger partial charge in [0.2, 0.25) is 0 Å². The van der Waals surface area contributed by atoms with E-state index in [2.05, 4.69) is 6.92 Å². The molecule has 3 saturated carbocycles. The largest absolute Gasteiger partial charge is 0.396 e. The van der Waals surface area contributed by atoms with E-state index in [4.69, 9.17) is 5.11 Å². The summed E-state index contributed by atoms with van der Waals surface area (Å²) in [4.78, 5) is 12.0. The number of hydrogen-bond acceptors (Lipinski definition) is 2. The Morgan fingerprint density at radius 1 is 1.20 bits per heavy atom. The Hall–Kier alpha value is -0.370. The highest BCUT2D eigenvalue weighted by Crippen LogP contribution is 2.62. The number of carbonyl (C=O) groups excluding carboxylic acids is 1. The lowest BCUT2D eigenvalue weighted by Gasteiger charge is -2.51.